The van der Waals surface area contributed by atoms with Crippen molar-refractivity contribution in [3.8, 4) is 16.9 Å². The number of benzene rings is 1. The Morgan fingerprint density at radius 2 is 2.00 bits per heavy atom. The number of rotatable bonds is 7. The van der Waals surface area contributed by atoms with Gasteiger partial charge in [0, 0.05) is 35.8 Å². The topological polar surface area (TPSA) is 99.2 Å². The van der Waals surface area contributed by atoms with Crippen molar-refractivity contribution in [2.45, 2.75) is 13.5 Å². The van der Waals surface area contributed by atoms with E-state index in [0.717, 1.165) is 16.8 Å². The first kappa shape index (κ1) is 21.8. The normalized spacial score (nSPS) is 11.0. The smallest absolute Gasteiger partial charge is 0.341 e. The van der Waals surface area contributed by atoms with Crippen LogP contribution in [0.1, 0.15) is 27.4 Å². The van der Waals surface area contributed by atoms with Crippen molar-refractivity contribution in [2.24, 2.45) is 0 Å². The molecule has 0 spiro atoms. The molecule has 0 saturated carbocycles. The number of aromatic nitrogens is 3. The summed E-state index contributed by atoms with van der Waals surface area (Å²) >= 11 is 0. The average Bonchev–Trinajstić information content (AvgIpc) is 3.45. The van der Waals surface area contributed by atoms with Crippen LogP contribution in [0, 0.1) is 6.92 Å². The van der Waals surface area contributed by atoms with Crippen molar-refractivity contribution < 1.29 is 18.7 Å². The first-order valence-corrected chi connectivity index (χ1v) is 10.2. The minimum absolute atomic E-state index is 0.139. The van der Waals surface area contributed by atoms with Gasteiger partial charge in [0.15, 0.2) is 0 Å². The highest BCUT2D eigenvalue weighted by Crippen LogP contribution is 2.24. The van der Waals surface area contributed by atoms with Crippen LogP contribution in [0.25, 0.3) is 23.0 Å². The third-order valence-electron chi connectivity index (χ3n) is 4.92. The molecule has 4 rings (SSSR count). The Hall–Kier alpha value is -4.46. The molecule has 33 heavy (non-hydrogen) atoms. The maximum Gasteiger partial charge on any atom is 0.341 e. The Kier molecular flexibility index (Phi) is 6.45. The Morgan fingerprint density at radius 3 is 2.73 bits per heavy atom. The van der Waals surface area contributed by atoms with E-state index in [1.807, 2.05) is 48.7 Å². The van der Waals surface area contributed by atoms with Crippen LogP contribution in [-0.2, 0) is 16.1 Å². The molecule has 1 amide bonds. The van der Waals surface area contributed by atoms with E-state index < -0.39 is 5.97 Å². The van der Waals surface area contributed by atoms with E-state index in [9.17, 15) is 9.59 Å². The highest BCUT2D eigenvalue weighted by atomic mass is 16.5. The highest BCUT2D eigenvalue weighted by molar-refractivity contribution is 5.93. The maximum absolute atomic E-state index is 12.4. The molecule has 0 radical (unpaired) electrons. The Morgan fingerprint density at radius 1 is 1.18 bits per heavy atom. The summed E-state index contributed by atoms with van der Waals surface area (Å²) in [7, 11) is 1.31. The monoisotopic (exact) mass is 442 g/mol. The van der Waals surface area contributed by atoms with Crippen molar-refractivity contribution >= 4 is 18.0 Å². The highest BCUT2D eigenvalue weighted by Gasteiger charge is 2.15. The predicted molar refractivity (Wildman–Crippen MR) is 122 cm³/mol. The standard InChI is InChI=1S/C25H22N4O4/c1-17-22(25(31)32-2)13-21(33-17)15-27-23(30)11-10-19-16-29(20-8-4-3-5-9-20)28-24(19)18-7-6-12-26-14-18/h3-14,16H,15H2,1-2H3,(H,27,30)/b11-10+. The number of carbonyl (C=O) groups is 2. The maximum atomic E-state index is 12.4. The summed E-state index contributed by atoms with van der Waals surface area (Å²) in [6.45, 7) is 1.81. The minimum atomic E-state index is -0.480. The fraction of sp³-hybridized carbons (Fsp3) is 0.120. The van der Waals surface area contributed by atoms with Gasteiger partial charge in [0.1, 0.15) is 22.8 Å². The van der Waals surface area contributed by atoms with Crippen LogP contribution < -0.4 is 5.32 Å². The summed E-state index contributed by atoms with van der Waals surface area (Å²) in [5, 5.41) is 7.45. The first-order chi connectivity index (χ1) is 16.0. The molecule has 3 heterocycles. The molecule has 8 heteroatoms. The van der Waals surface area contributed by atoms with Crippen LogP contribution in [0.5, 0.6) is 0 Å². The second-order valence-corrected chi connectivity index (χ2v) is 7.18. The van der Waals surface area contributed by atoms with Gasteiger partial charge in [0.2, 0.25) is 5.91 Å². The number of methoxy groups -OCH3 is 1. The number of para-hydroxylation sites is 1. The van der Waals surface area contributed by atoms with Gasteiger partial charge >= 0.3 is 5.97 Å². The van der Waals surface area contributed by atoms with Gasteiger partial charge in [-0.2, -0.15) is 5.10 Å². The van der Waals surface area contributed by atoms with Gasteiger partial charge in [-0.25, -0.2) is 9.48 Å². The third-order valence-corrected chi connectivity index (χ3v) is 4.92. The molecule has 0 saturated heterocycles. The van der Waals surface area contributed by atoms with E-state index in [1.165, 1.54) is 13.2 Å². The number of nitrogens with zero attached hydrogens (tertiary/aromatic N) is 3. The van der Waals surface area contributed by atoms with Crippen LogP contribution in [0.15, 0.2) is 77.6 Å². The summed E-state index contributed by atoms with van der Waals surface area (Å²) in [5.74, 6) is 0.110. The minimum Gasteiger partial charge on any atom is -0.465 e. The number of nitrogens with one attached hydrogen (secondary N) is 1. The van der Waals surface area contributed by atoms with E-state index in [-0.39, 0.29) is 12.5 Å². The molecule has 4 aromatic rings. The van der Waals surface area contributed by atoms with E-state index in [2.05, 4.69) is 10.3 Å². The number of hydrogen-bond acceptors (Lipinski definition) is 6. The molecule has 0 fully saturated rings. The largest absolute Gasteiger partial charge is 0.465 e. The quantitative estimate of drug-likeness (QED) is 0.344. The van der Waals surface area contributed by atoms with Crippen molar-refractivity contribution in [1.82, 2.24) is 20.1 Å². The number of carbonyl (C=O) groups excluding carboxylic acids is 2. The predicted octanol–water partition coefficient (Wildman–Crippen LogP) is 3.95. The van der Waals surface area contributed by atoms with E-state index in [4.69, 9.17) is 14.3 Å². The van der Waals surface area contributed by atoms with Crippen LogP contribution in [0.3, 0.4) is 0 Å². The molecule has 8 nitrogen and oxygen atoms in total. The van der Waals surface area contributed by atoms with Gasteiger partial charge in [0.25, 0.3) is 0 Å². The van der Waals surface area contributed by atoms with Crippen LogP contribution in [0.2, 0.25) is 0 Å². The van der Waals surface area contributed by atoms with Gasteiger partial charge in [0.05, 0.1) is 19.3 Å². The Bertz CT molecular complexity index is 1290. The van der Waals surface area contributed by atoms with Crippen molar-refractivity contribution in [1.29, 1.82) is 0 Å². The van der Waals surface area contributed by atoms with Gasteiger partial charge in [-0.1, -0.05) is 18.2 Å². The lowest BCUT2D eigenvalue weighted by atomic mass is 10.1. The summed E-state index contributed by atoms with van der Waals surface area (Å²) in [6.07, 6.45) is 8.43. The van der Waals surface area contributed by atoms with Gasteiger partial charge in [-0.3, -0.25) is 9.78 Å². The second-order valence-electron chi connectivity index (χ2n) is 7.18. The fourth-order valence-corrected chi connectivity index (χ4v) is 3.29. The molecule has 0 aliphatic rings. The van der Waals surface area contributed by atoms with Crippen molar-refractivity contribution in [3.63, 3.8) is 0 Å². The number of aryl methyl sites for hydroxylation is 1. The summed E-state index contributed by atoms with van der Waals surface area (Å²) in [4.78, 5) is 28.3. The fourth-order valence-electron chi connectivity index (χ4n) is 3.29. The zero-order chi connectivity index (χ0) is 23.2. The van der Waals surface area contributed by atoms with Crippen LogP contribution in [0.4, 0.5) is 0 Å². The molecule has 1 aromatic carbocycles. The average molecular weight is 442 g/mol. The zero-order valence-corrected chi connectivity index (χ0v) is 18.2. The SMILES string of the molecule is COC(=O)c1cc(CNC(=O)/C=C/c2cn(-c3ccccc3)nc2-c2cccnc2)oc1C. The summed E-state index contributed by atoms with van der Waals surface area (Å²) in [6, 6.07) is 15.0. The summed E-state index contributed by atoms with van der Waals surface area (Å²) in [5.41, 5.74) is 3.56. The molecule has 0 bridgehead atoms. The lowest BCUT2D eigenvalue weighted by molar-refractivity contribution is -0.116. The van der Waals surface area contributed by atoms with E-state index in [0.29, 0.717) is 22.8 Å². The van der Waals surface area contributed by atoms with Crippen molar-refractivity contribution in [3.05, 3.63) is 95.8 Å². The summed E-state index contributed by atoms with van der Waals surface area (Å²) < 4.78 is 12.0. The zero-order valence-electron chi connectivity index (χ0n) is 18.2. The number of esters is 1. The molecule has 0 aliphatic heterocycles. The Balaban J connectivity index is 1.52. The molecule has 166 valence electrons. The number of furan rings is 1. The number of pyridine rings is 1. The lowest BCUT2D eigenvalue weighted by Gasteiger charge is -2.00. The van der Waals surface area contributed by atoms with Crippen LogP contribution in [-0.4, -0.2) is 33.8 Å². The number of amides is 1. The first-order valence-electron chi connectivity index (χ1n) is 10.2. The molecule has 0 unspecified atom stereocenters. The van der Waals surface area contributed by atoms with E-state index >= 15 is 0 Å². The Labute approximate surface area is 190 Å². The van der Waals surface area contributed by atoms with Gasteiger partial charge in [-0.15, -0.1) is 0 Å². The van der Waals surface area contributed by atoms with Crippen LogP contribution >= 0.6 is 0 Å². The molecule has 0 aliphatic carbocycles. The molecule has 1 N–H and O–H groups in total. The van der Waals surface area contributed by atoms with Gasteiger partial charge < -0.3 is 14.5 Å². The van der Waals surface area contributed by atoms with E-state index in [1.54, 1.807) is 36.1 Å². The third kappa shape index (κ3) is 5.07. The van der Waals surface area contributed by atoms with Gasteiger partial charge in [-0.05, 0) is 43.3 Å². The number of hydrogen-bond donors (Lipinski definition) is 1. The number of ether oxygens (including phenoxy) is 1. The van der Waals surface area contributed by atoms with Crippen molar-refractivity contribution in [2.75, 3.05) is 7.11 Å². The molecule has 3 aromatic heterocycles. The molecular formula is C25H22N4O4. The molecule has 0 atom stereocenters. The molecular weight excluding hydrogens is 420 g/mol. The lowest BCUT2D eigenvalue weighted by Crippen LogP contribution is -2.19. The second kappa shape index (κ2) is 9.78.